The molecule has 1 heterocycles. The lowest BCUT2D eigenvalue weighted by atomic mass is 10.0. The van der Waals surface area contributed by atoms with Crippen LogP contribution in [0.2, 0.25) is 0 Å². The van der Waals surface area contributed by atoms with Crippen LogP contribution in [0.5, 0.6) is 5.75 Å². The molecular weight excluding hydrogens is 270 g/mol. The van der Waals surface area contributed by atoms with Crippen molar-refractivity contribution >= 4 is 11.8 Å². The minimum atomic E-state index is 0.193. The summed E-state index contributed by atoms with van der Waals surface area (Å²) in [7, 11) is 3.66. The topological polar surface area (TPSA) is 47.0 Å². The molecule has 2 rings (SSSR count). The Hall–Kier alpha value is -1.59. The predicted molar refractivity (Wildman–Crippen MR) is 82.3 cm³/mol. The summed E-state index contributed by atoms with van der Waals surface area (Å²) < 4.78 is 5.45. The average Bonchev–Trinajstić information content (AvgIpc) is 2.49. The number of thioether (sulfide) groups is 1. The second-order valence-corrected chi connectivity index (χ2v) is 5.42. The molecule has 1 aromatic carbocycles. The van der Waals surface area contributed by atoms with Crippen LogP contribution >= 0.6 is 11.8 Å². The molecule has 1 atom stereocenters. The van der Waals surface area contributed by atoms with Gasteiger partial charge in [-0.2, -0.15) is 0 Å². The van der Waals surface area contributed by atoms with E-state index in [0.717, 1.165) is 16.7 Å². The maximum Gasteiger partial charge on any atom is 0.187 e. The van der Waals surface area contributed by atoms with E-state index >= 15 is 0 Å². The Bertz CT molecular complexity index is 548. The van der Waals surface area contributed by atoms with E-state index in [1.54, 1.807) is 31.3 Å². The maximum atomic E-state index is 5.45. The van der Waals surface area contributed by atoms with Gasteiger partial charge in [-0.25, -0.2) is 9.97 Å². The highest BCUT2D eigenvalue weighted by Gasteiger charge is 2.15. The molecule has 0 aliphatic carbocycles. The molecule has 0 fully saturated rings. The van der Waals surface area contributed by atoms with E-state index < -0.39 is 0 Å². The van der Waals surface area contributed by atoms with Gasteiger partial charge in [0.05, 0.1) is 7.11 Å². The third-order valence-corrected chi connectivity index (χ3v) is 4.00. The number of methoxy groups -OCH3 is 1. The normalized spacial score (nSPS) is 12.2. The van der Waals surface area contributed by atoms with Crippen molar-refractivity contribution in [2.24, 2.45) is 0 Å². The highest BCUT2D eigenvalue weighted by atomic mass is 32.2. The number of ether oxygens (including phenoxy) is 1. The first-order chi connectivity index (χ1) is 9.74. The summed E-state index contributed by atoms with van der Waals surface area (Å²) in [6.07, 6.45) is 3.52. The molecular formula is C15H19N3OS. The van der Waals surface area contributed by atoms with Crippen molar-refractivity contribution in [2.45, 2.75) is 18.1 Å². The number of aryl methyl sites for hydroxylation is 1. The summed E-state index contributed by atoms with van der Waals surface area (Å²) in [5, 5.41) is 4.13. The molecule has 106 valence electrons. The van der Waals surface area contributed by atoms with Crippen molar-refractivity contribution in [1.82, 2.24) is 15.3 Å². The number of rotatable bonds is 6. The lowest BCUT2D eigenvalue weighted by molar-refractivity contribution is 0.404. The van der Waals surface area contributed by atoms with Crippen LogP contribution in [0.4, 0.5) is 0 Å². The molecule has 0 amide bonds. The van der Waals surface area contributed by atoms with E-state index in [0.29, 0.717) is 0 Å². The molecule has 2 aromatic rings. The van der Waals surface area contributed by atoms with E-state index in [4.69, 9.17) is 4.74 Å². The Morgan fingerprint density at radius 2 is 2.05 bits per heavy atom. The van der Waals surface area contributed by atoms with Gasteiger partial charge in [-0.1, -0.05) is 29.5 Å². The van der Waals surface area contributed by atoms with E-state index in [1.807, 2.05) is 19.2 Å². The Morgan fingerprint density at radius 3 is 2.70 bits per heavy atom. The first-order valence-electron chi connectivity index (χ1n) is 6.46. The van der Waals surface area contributed by atoms with Crippen molar-refractivity contribution in [3.8, 4) is 5.75 Å². The number of hydrogen-bond donors (Lipinski definition) is 1. The minimum absolute atomic E-state index is 0.193. The maximum absolute atomic E-state index is 5.45. The molecule has 1 unspecified atom stereocenters. The zero-order chi connectivity index (χ0) is 14.4. The number of nitrogens with one attached hydrogen (secondary N) is 1. The van der Waals surface area contributed by atoms with E-state index in [1.165, 1.54) is 11.1 Å². The zero-order valence-electron chi connectivity index (χ0n) is 12.0. The molecule has 0 bridgehead atoms. The second kappa shape index (κ2) is 7.26. The number of benzene rings is 1. The summed E-state index contributed by atoms with van der Waals surface area (Å²) in [4.78, 5) is 8.46. The molecule has 0 saturated heterocycles. The van der Waals surface area contributed by atoms with Crippen LogP contribution < -0.4 is 10.1 Å². The average molecular weight is 289 g/mol. The van der Waals surface area contributed by atoms with Crippen molar-refractivity contribution in [3.63, 3.8) is 0 Å². The van der Waals surface area contributed by atoms with Gasteiger partial charge in [-0.05, 0) is 26.1 Å². The third kappa shape index (κ3) is 3.71. The highest BCUT2D eigenvalue weighted by molar-refractivity contribution is 7.99. The van der Waals surface area contributed by atoms with E-state index in [2.05, 4.69) is 34.3 Å². The standard InChI is InChI=1S/C15H19N3OS/c1-11-5-6-14(19-3)12(9-11)13(16-2)10-20-15-17-7-4-8-18-15/h4-9,13,16H,10H2,1-3H3. The fourth-order valence-electron chi connectivity index (χ4n) is 1.97. The molecule has 5 heteroatoms. The number of hydrogen-bond acceptors (Lipinski definition) is 5. The van der Waals surface area contributed by atoms with Gasteiger partial charge in [-0.15, -0.1) is 0 Å². The lowest BCUT2D eigenvalue weighted by Crippen LogP contribution is -2.19. The molecule has 1 N–H and O–H groups in total. The fraction of sp³-hybridized carbons (Fsp3) is 0.333. The smallest absolute Gasteiger partial charge is 0.187 e. The van der Waals surface area contributed by atoms with Crippen LogP contribution in [-0.2, 0) is 0 Å². The van der Waals surface area contributed by atoms with Gasteiger partial charge >= 0.3 is 0 Å². The van der Waals surface area contributed by atoms with Crippen LogP contribution in [0, 0.1) is 6.92 Å². The molecule has 1 aromatic heterocycles. The second-order valence-electron chi connectivity index (χ2n) is 4.43. The first kappa shape index (κ1) is 14.8. The lowest BCUT2D eigenvalue weighted by Gasteiger charge is -2.19. The van der Waals surface area contributed by atoms with Crippen LogP contribution in [-0.4, -0.2) is 29.9 Å². The van der Waals surface area contributed by atoms with Crippen LogP contribution in [0.1, 0.15) is 17.2 Å². The Labute approximate surface area is 124 Å². The monoisotopic (exact) mass is 289 g/mol. The van der Waals surface area contributed by atoms with Gasteiger partial charge in [-0.3, -0.25) is 0 Å². The van der Waals surface area contributed by atoms with Crippen LogP contribution in [0.25, 0.3) is 0 Å². The van der Waals surface area contributed by atoms with Crippen molar-refractivity contribution in [1.29, 1.82) is 0 Å². The molecule has 0 aliphatic heterocycles. The summed E-state index contributed by atoms with van der Waals surface area (Å²) in [5.74, 6) is 1.75. The zero-order valence-corrected chi connectivity index (χ0v) is 12.8. The van der Waals surface area contributed by atoms with Crippen molar-refractivity contribution < 1.29 is 4.74 Å². The van der Waals surface area contributed by atoms with Gasteiger partial charge in [0, 0.05) is 29.8 Å². The largest absolute Gasteiger partial charge is 0.496 e. The Morgan fingerprint density at radius 1 is 1.30 bits per heavy atom. The third-order valence-electron chi connectivity index (χ3n) is 3.03. The minimum Gasteiger partial charge on any atom is -0.496 e. The SMILES string of the molecule is CNC(CSc1ncccn1)c1cc(C)ccc1OC. The van der Waals surface area contributed by atoms with E-state index in [-0.39, 0.29) is 6.04 Å². The van der Waals surface area contributed by atoms with E-state index in [9.17, 15) is 0 Å². The van der Waals surface area contributed by atoms with Gasteiger partial charge in [0.2, 0.25) is 0 Å². The quantitative estimate of drug-likeness (QED) is 0.654. The Kier molecular flexibility index (Phi) is 5.38. The molecule has 0 radical (unpaired) electrons. The fourth-order valence-corrected chi connectivity index (χ4v) is 2.91. The predicted octanol–water partition coefficient (Wildman–Crippen LogP) is 2.85. The summed E-state index contributed by atoms with van der Waals surface area (Å²) in [6, 6.07) is 8.25. The van der Waals surface area contributed by atoms with Crippen LogP contribution in [0.3, 0.4) is 0 Å². The van der Waals surface area contributed by atoms with Gasteiger partial charge in [0.25, 0.3) is 0 Å². The molecule has 20 heavy (non-hydrogen) atoms. The van der Waals surface area contributed by atoms with Crippen molar-refractivity contribution in [2.75, 3.05) is 19.9 Å². The van der Waals surface area contributed by atoms with Crippen LogP contribution in [0.15, 0.2) is 41.8 Å². The van der Waals surface area contributed by atoms with Gasteiger partial charge in [0.1, 0.15) is 5.75 Å². The van der Waals surface area contributed by atoms with Crippen molar-refractivity contribution in [3.05, 3.63) is 47.8 Å². The molecule has 0 spiro atoms. The first-order valence-corrected chi connectivity index (χ1v) is 7.44. The number of aromatic nitrogens is 2. The molecule has 4 nitrogen and oxygen atoms in total. The summed E-state index contributed by atoms with van der Waals surface area (Å²) in [6.45, 7) is 2.09. The van der Waals surface area contributed by atoms with Gasteiger partial charge < -0.3 is 10.1 Å². The molecule has 0 aliphatic rings. The summed E-state index contributed by atoms with van der Waals surface area (Å²) in [5.41, 5.74) is 2.39. The Balaban J connectivity index is 2.14. The molecule has 0 saturated carbocycles. The highest BCUT2D eigenvalue weighted by Crippen LogP contribution is 2.29. The van der Waals surface area contributed by atoms with Gasteiger partial charge in [0.15, 0.2) is 5.16 Å². The summed E-state index contributed by atoms with van der Waals surface area (Å²) >= 11 is 1.63. The number of nitrogens with zero attached hydrogens (tertiary/aromatic N) is 2.